The maximum atomic E-state index is 13.1. The summed E-state index contributed by atoms with van der Waals surface area (Å²) < 4.78 is 6.49. The van der Waals surface area contributed by atoms with E-state index in [1.165, 1.54) is 36.1 Å². The standard InChI is InChI=1S/C27H36N2O3/c1-20-12-11-17-24(27(31)29(2)3)26(20)28-25(30)19-23(18-21-13-7-6-8-14-21)32-22-15-9-4-5-10-16-22/h6-8,11-14,17,22-23H,4-5,9-10,15-16,18-19H2,1-3H3,(H,28,30). The SMILES string of the molecule is Cc1cccc(C(=O)N(C)C)c1NC(=O)CC(Cc1ccccc1)OC1CCCCCC1. The van der Waals surface area contributed by atoms with Crippen LogP contribution in [0.4, 0.5) is 5.69 Å². The molecular formula is C27H36N2O3. The molecule has 2 aromatic carbocycles. The third-order valence-corrected chi connectivity index (χ3v) is 6.08. The van der Waals surface area contributed by atoms with Gasteiger partial charge in [-0.1, -0.05) is 68.1 Å². The van der Waals surface area contributed by atoms with E-state index in [1.807, 2.05) is 37.3 Å². The molecule has 0 heterocycles. The molecule has 5 nitrogen and oxygen atoms in total. The van der Waals surface area contributed by atoms with Crippen molar-refractivity contribution in [3.05, 3.63) is 65.2 Å². The Morgan fingerprint density at radius 2 is 1.69 bits per heavy atom. The summed E-state index contributed by atoms with van der Waals surface area (Å²) >= 11 is 0. The Bertz CT molecular complexity index is 887. The fraction of sp³-hybridized carbons (Fsp3) is 0.481. The highest BCUT2D eigenvalue weighted by molar-refractivity contribution is 6.04. The second-order valence-electron chi connectivity index (χ2n) is 9.01. The topological polar surface area (TPSA) is 58.6 Å². The fourth-order valence-electron chi connectivity index (χ4n) is 4.35. The van der Waals surface area contributed by atoms with Crippen LogP contribution in [-0.4, -0.2) is 43.0 Å². The van der Waals surface area contributed by atoms with E-state index >= 15 is 0 Å². The summed E-state index contributed by atoms with van der Waals surface area (Å²) in [6.07, 6.45) is 8.00. The van der Waals surface area contributed by atoms with Crippen LogP contribution in [0.15, 0.2) is 48.5 Å². The van der Waals surface area contributed by atoms with Crippen LogP contribution in [-0.2, 0) is 16.0 Å². The van der Waals surface area contributed by atoms with Crippen molar-refractivity contribution in [3.63, 3.8) is 0 Å². The summed E-state index contributed by atoms with van der Waals surface area (Å²) in [4.78, 5) is 27.2. The molecule has 0 aromatic heterocycles. The van der Waals surface area contributed by atoms with E-state index in [2.05, 4.69) is 17.4 Å². The molecule has 2 amide bonds. The van der Waals surface area contributed by atoms with Crippen LogP contribution in [0.1, 0.15) is 66.4 Å². The van der Waals surface area contributed by atoms with Crippen molar-refractivity contribution in [2.24, 2.45) is 0 Å². The van der Waals surface area contributed by atoms with Crippen LogP contribution in [0.2, 0.25) is 0 Å². The molecule has 1 aliphatic carbocycles. The van der Waals surface area contributed by atoms with Crippen molar-refractivity contribution >= 4 is 17.5 Å². The molecule has 1 atom stereocenters. The highest BCUT2D eigenvalue weighted by Crippen LogP contribution is 2.25. The molecule has 1 N–H and O–H groups in total. The number of para-hydroxylation sites is 1. The molecule has 0 aliphatic heterocycles. The highest BCUT2D eigenvalue weighted by Gasteiger charge is 2.23. The molecule has 0 spiro atoms. The van der Waals surface area contributed by atoms with Gasteiger partial charge in [-0.3, -0.25) is 9.59 Å². The third-order valence-electron chi connectivity index (χ3n) is 6.08. The minimum Gasteiger partial charge on any atom is -0.374 e. The van der Waals surface area contributed by atoms with Gasteiger partial charge in [0.05, 0.1) is 29.9 Å². The molecule has 5 heteroatoms. The van der Waals surface area contributed by atoms with Crippen molar-refractivity contribution in [1.29, 1.82) is 0 Å². The second kappa shape index (κ2) is 11.8. The van der Waals surface area contributed by atoms with E-state index < -0.39 is 0 Å². The number of anilines is 1. The Labute approximate surface area is 192 Å². The molecule has 1 saturated carbocycles. The smallest absolute Gasteiger partial charge is 0.255 e. The number of nitrogens with one attached hydrogen (secondary N) is 1. The van der Waals surface area contributed by atoms with Gasteiger partial charge in [-0.25, -0.2) is 0 Å². The fourth-order valence-corrected chi connectivity index (χ4v) is 4.35. The molecule has 2 aromatic rings. The quantitative estimate of drug-likeness (QED) is 0.566. The van der Waals surface area contributed by atoms with Crippen LogP contribution in [0, 0.1) is 6.92 Å². The Hall–Kier alpha value is -2.66. The average molecular weight is 437 g/mol. The summed E-state index contributed by atoms with van der Waals surface area (Å²) in [5, 5.41) is 3.01. The Kier molecular flexibility index (Phi) is 8.86. The van der Waals surface area contributed by atoms with Gasteiger partial charge >= 0.3 is 0 Å². The number of carbonyl (C=O) groups excluding carboxylic acids is 2. The van der Waals surface area contributed by atoms with Crippen LogP contribution < -0.4 is 5.32 Å². The molecular weight excluding hydrogens is 400 g/mol. The zero-order chi connectivity index (χ0) is 22.9. The van der Waals surface area contributed by atoms with Crippen LogP contribution in [0.25, 0.3) is 0 Å². The molecule has 0 radical (unpaired) electrons. The zero-order valence-electron chi connectivity index (χ0n) is 19.6. The Balaban J connectivity index is 1.74. The van der Waals surface area contributed by atoms with E-state index in [1.54, 1.807) is 20.2 Å². The molecule has 1 fully saturated rings. The summed E-state index contributed by atoms with van der Waals surface area (Å²) in [5.74, 6) is -0.249. The van der Waals surface area contributed by atoms with Gasteiger partial charge in [0.1, 0.15) is 0 Å². The van der Waals surface area contributed by atoms with Gasteiger partial charge in [-0.15, -0.1) is 0 Å². The van der Waals surface area contributed by atoms with Gasteiger partial charge in [-0.05, 0) is 43.4 Å². The number of nitrogens with zero attached hydrogens (tertiary/aromatic N) is 1. The largest absolute Gasteiger partial charge is 0.374 e. The number of amides is 2. The van der Waals surface area contributed by atoms with Gasteiger partial charge in [0.2, 0.25) is 5.91 Å². The Morgan fingerprint density at radius 3 is 2.34 bits per heavy atom. The van der Waals surface area contributed by atoms with E-state index in [9.17, 15) is 9.59 Å². The number of ether oxygens (including phenoxy) is 1. The molecule has 1 unspecified atom stereocenters. The number of aryl methyl sites for hydroxylation is 1. The third kappa shape index (κ3) is 6.92. The molecule has 172 valence electrons. The van der Waals surface area contributed by atoms with Gasteiger partial charge < -0.3 is 15.0 Å². The first-order chi connectivity index (χ1) is 15.4. The van der Waals surface area contributed by atoms with Gasteiger partial charge in [0.25, 0.3) is 5.91 Å². The monoisotopic (exact) mass is 436 g/mol. The Morgan fingerprint density at radius 1 is 1.00 bits per heavy atom. The van der Waals surface area contributed by atoms with Crippen molar-refractivity contribution in [2.75, 3.05) is 19.4 Å². The van der Waals surface area contributed by atoms with Crippen molar-refractivity contribution in [3.8, 4) is 0 Å². The molecule has 3 rings (SSSR count). The van der Waals surface area contributed by atoms with Crippen LogP contribution >= 0.6 is 0 Å². The van der Waals surface area contributed by atoms with Crippen molar-refractivity contribution in [2.45, 2.75) is 70.5 Å². The number of carbonyl (C=O) groups is 2. The minimum atomic E-state index is -0.197. The van der Waals surface area contributed by atoms with E-state index in [-0.39, 0.29) is 30.4 Å². The average Bonchev–Trinajstić information content (AvgIpc) is 3.04. The molecule has 32 heavy (non-hydrogen) atoms. The lowest BCUT2D eigenvalue weighted by molar-refractivity contribution is -0.120. The van der Waals surface area contributed by atoms with Crippen LogP contribution in [0.5, 0.6) is 0 Å². The van der Waals surface area contributed by atoms with Crippen LogP contribution in [0.3, 0.4) is 0 Å². The van der Waals surface area contributed by atoms with Gasteiger partial charge in [0, 0.05) is 14.1 Å². The highest BCUT2D eigenvalue weighted by atomic mass is 16.5. The zero-order valence-corrected chi connectivity index (χ0v) is 19.6. The summed E-state index contributed by atoms with van der Waals surface area (Å²) in [7, 11) is 3.43. The summed E-state index contributed by atoms with van der Waals surface area (Å²) in [5.41, 5.74) is 3.13. The lowest BCUT2D eigenvalue weighted by Crippen LogP contribution is -2.30. The lowest BCUT2D eigenvalue weighted by atomic mass is 10.0. The number of rotatable bonds is 8. The first-order valence-corrected chi connectivity index (χ1v) is 11.7. The van der Waals surface area contributed by atoms with E-state index in [4.69, 9.17) is 4.74 Å². The molecule has 0 bridgehead atoms. The van der Waals surface area contributed by atoms with Crippen molar-refractivity contribution in [1.82, 2.24) is 4.90 Å². The van der Waals surface area contributed by atoms with Crippen molar-refractivity contribution < 1.29 is 14.3 Å². The first-order valence-electron chi connectivity index (χ1n) is 11.7. The maximum Gasteiger partial charge on any atom is 0.255 e. The second-order valence-corrected chi connectivity index (χ2v) is 9.01. The predicted octanol–water partition coefficient (Wildman–Crippen LogP) is 5.38. The molecule has 1 aliphatic rings. The number of hydrogen-bond donors (Lipinski definition) is 1. The minimum absolute atomic E-state index is 0.123. The maximum absolute atomic E-state index is 13.1. The predicted molar refractivity (Wildman–Crippen MR) is 129 cm³/mol. The van der Waals surface area contributed by atoms with E-state index in [0.29, 0.717) is 17.7 Å². The van der Waals surface area contributed by atoms with E-state index in [0.717, 1.165) is 18.4 Å². The summed E-state index contributed by atoms with van der Waals surface area (Å²) in [6, 6.07) is 15.7. The lowest BCUT2D eigenvalue weighted by Gasteiger charge is -2.25. The van der Waals surface area contributed by atoms with Gasteiger partial charge in [0.15, 0.2) is 0 Å². The molecule has 0 saturated heterocycles. The van der Waals surface area contributed by atoms with Gasteiger partial charge in [-0.2, -0.15) is 0 Å². The number of hydrogen-bond acceptors (Lipinski definition) is 3. The summed E-state index contributed by atoms with van der Waals surface area (Å²) in [6.45, 7) is 1.91. The normalized spacial score (nSPS) is 15.6. The first kappa shape index (κ1) is 24.0. The number of benzene rings is 2.